The van der Waals surface area contributed by atoms with Gasteiger partial charge in [0.15, 0.2) is 5.82 Å². The van der Waals surface area contributed by atoms with E-state index in [1.165, 1.54) is 40.4 Å². The van der Waals surface area contributed by atoms with Crippen molar-refractivity contribution in [3.8, 4) is 0 Å². The number of ether oxygens (including phenoxy) is 1. The number of halogens is 3. The maximum atomic E-state index is 14.8. The Bertz CT molecular complexity index is 1230. The number of anilines is 4. The fourth-order valence-electron chi connectivity index (χ4n) is 3.44. The molecule has 2 aromatic carbocycles. The van der Waals surface area contributed by atoms with Crippen LogP contribution in [-0.2, 0) is 14.8 Å². The summed E-state index contributed by atoms with van der Waals surface area (Å²) in [5, 5.41) is 4.46. The lowest BCUT2D eigenvalue weighted by Gasteiger charge is -2.23. The summed E-state index contributed by atoms with van der Waals surface area (Å²) in [7, 11) is -2.60. The molecular formula is C20H19ClF2N4O3S2. The van der Waals surface area contributed by atoms with E-state index in [2.05, 4.69) is 15.0 Å². The number of benzene rings is 2. The molecule has 1 aliphatic rings. The molecule has 1 atom stereocenters. The number of hydrogen-bond acceptors (Lipinski definition) is 7. The molecule has 1 aromatic heterocycles. The molecule has 3 aromatic rings. The summed E-state index contributed by atoms with van der Waals surface area (Å²) in [5.74, 6) is -1.33. The first kappa shape index (κ1) is 22.7. The highest BCUT2D eigenvalue weighted by Crippen LogP contribution is 2.36. The van der Waals surface area contributed by atoms with E-state index in [1.807, 2.05) is 4.90 Å². The van der Waals surface area contributed by atoms with E-state index >= 15 is 0 Å². The molecule has 12 heteroatoms. The Morgan fingerprint density at radius 3 is 2.75 bits per heavy atom. The van der Waals surface area contributed by atoms with Gasteiger partial charge in [-0.1, -0.05) is 11.6 Å². The van der Waals surface area contributed by atoms with Crippen molar-refractivity contribution < 1.29 is 21.9 Å². The zero-order valence-corrected chi connectivity index (χ0v) is 19.2. The number of thiazole rings is 1. The molecule has 0 saturated carbocycles. The molecular weight excluding hydrogens is 482 g/mol. The van der Waals surface area contributed by atoms with Crippen molar-refractivity contribution in [1.82, 2.24) is 4.98 Å². The Labute approximate surface area is 193 Å². The molecule has 0 bridgehead atoms. The summed E-state index contributed by atoms with van der Waals surface area (Å²) in [6, 6.07) is 6.19. The van der Waals surface area contributed by atoms with Crippen molar-refractivity contribution >= 4 is 55.8 Å². The molecule has 0 spiro atoms. The van der Waals surface area contributed by atoms with Gasteiger partial charge in [0.1, 0.15) is 16.5 Å². The van der Waals surface area contributed by atoms with E-state index in [1.54, 1.807) is 7.11 Å². The summed E-state index contributed by atoms with van der Waals surface area (Å²) in [6.45, 7) is 1.24. The summed E-state index contributed by atoms with van der Waals surface area (Å²) < 4.78 is 61.4. The van der Waals surface area contributed by atoms with Crippen molar-refractivity contribution in [3.63, 3.8) is 0 Å². The Kier molecular flexibility index (Phi) is 6.52. The minimum absolute atomic E-state index is 0.0171. The van der Waals surface area contributed by atoms with E-state index in [0.29, 0.717) is 24.5 Å². The second-order valence-electron chi connectivity index (χ2n) is 7.12. The van der Waals surface area contributed by atoms with E-state index in [-0.39, 0.29) is 22.6 Å². The minimum atomic E-state index is -4.23. The van der Waals surface area contributed by atoms with Crippen LogP contribution in [0.2, 0.25) is 5.02 Å². The first-order valence-electron chi connectivity index (χ1n) is 9.51. The van der Waals surface area contributed by atoms with Crippen molar-refractivity contribution in [2.24, 2.45) is 0 Å². The molecule has 4 rings (SSSR count). The molecule has 0 amide bonds. The summed E-state index contributed by atoms with van der Waals surface area (Å²) in [6.07, 6.45) is 0.822. The lowest BCUT2D eigenvalue weighted by Crippen LogP contribution is -2.23. The number of rotatable bonds is 7. The van der Waals surface area contributed by atoms with Crippen LogP contribution in [0.4, 0.5) is 31.7 Å². The van der Waals surface area contributed by atoms with Crippen LogP contribution in [0.25, 0.3) is 0 Å². The molecule has 7 nitrogen and oxygen atoms in total. The minimum Gasteiger partial charge on any atom is -0.380 e. The lowest BCUT2D eigenvalue weighted by atomic mass is 10.2. The van der Waals surface area contributed by atoms with Gasteiger partial charge in [0.25, 0.3) is 10.0 Å². The second-order valence-corrected chi connectivity index (χ2v) is 9.90. The third kappa shape index (κ3) is 4.80. The zero-order chi connectivity index (χ0) is 22.9. The fraction of sp³-hybridized carbons (Fsp3) is 0.250. The van der Waals surface area contributed by atoms with Crippen molar-refractivity contribution in [2.75, 3.05) is 35.1 Å². The van der Waals surface area contributed by atoms with Crippen molar-refractivity contribution in [1.29, 1.82) is 0 Å². The Hall–Kier alpha value is -2.47. The normalized spacial score (nSPS) is 16.4. The highest BCUT2D eigenvalue weighted by Gasteiger charge is 2.26. The van der Waals surface area contributed by atoms with E-state index in [4.69, 9.17) is 16.3 Å². The topological polar surface area (TPSA) is 83.6 Å². The highest BCUT2D eigenvalue weighted by molar-refractivity contribution is 7.92. The predicted octanol–water partition coefficient (Wildman–Crippen LogP) is 4.84. The quantitative estimate of drug-likeness (QED) is 0.483. The van der Waals surface area contributed by atoms with Gasteiger partial charge in [-0.3, -0.25) is 4.72 Å². The smallest absolute Gasteiger partial charge is 0.266 e. The van der Waals surface area contributed by atoms with Gasteiger partial charge in [-0.05, 0) is 30.7 Å². The van der Waals surface area contributed by atoms with Gasteiger partial charge < -0.3 is 15.0 Å². The van der Waals surface area contributed by atoms with Crippen LogP contribution in [-0.4, -0.2) is 39.7 Å². The highest BCUT2D eigenvalue weighted by atomic mass is 35.5. The molecule has 1 unspecified atom stereocenters. The molecule has 2 heterocycles. The van der Waals surface area contributed by atoms with Crippen molar-refractivity contribution in [2.45, 2.75) is 17.4 Å². The van der Waals surface area contributed by atoms with Crippen LogP contribution in [0.3, 0.4) is 0 Å². The van der Waals surface area contributed by atoms with Gasteiger partial charge in [-0.15, -0.1) is 11.3 Å². The average Bonchev–Trinajstić information content (AvgIpc) is 3.43. The largest absolute Gasteiger partial charge is 0.380 e. The molecule has 1 fully saturated rings. The van der Waals surface area contributed by atoms with Crippen LogP contribution in [0.5, 0.6) is 0 Å². The Morgan fingerprint density at radius 2 is 2.06 bits per heavy atom. The van der Waals surface area contributed by atoms with Crippen molar-refractivity contribution in [3.05, 3.63) is 57.9 Å². The summed E-state index contributed by atoms with van der Waals surface area (Å²) in [5.41, 5.74) is 2.67. The number of sulfonamides is 1. The molecule has 0 aliphatic carbocycles. The van der Waals surface area contributed by atoms with E-state index in [0.717, 1.165) is 18.6 Å². The SMILES string of the molecule is COC1CCN(c2cc(F)ccc2Nc2cc(F)c(S(=O)(=O)Nc3cscn3)cc2Cl)C1. The lowest BCUT2D eigenvalue weighted by molar-refractivity contribution is 0.121. The number of hydrogen-bond donors (Lipinski definition) is 2. The summed E-state index contributed by atoms with van der Waals surface area (Å²) in [4.78, 5) is 5.18. The average molecular weight is 501 g/mol. The third-order valence-electron chi connectivity index (χ3n) is 5.03. The first-order valence-corrected chi connectivity index (χ1v) is 12.3. The number of nitrogens with zero attached hydrogens (tertiary/aromatic N) is 2. The first-order chi connectivity index (χ1) is 15.3. The third-order valence-corrected chi connectivity index (χ3v) is 7.30. The van der Waals surface area contributed by atoms with Gasteiger partial charge in [-0.2, -0.15) is 0 Å². The maximum Gasteiger partial charge on any atom is 0.266 e. The van der Waals surface area contributed by atoms with Gasteiger partial charge in [-0.25, -0.2) is 22.2 Å². The maximum absolute atomic E-state index is 14.8. The molecule has 1 saturated heterocycles. The monoisotopic (exact) mass is 500 g/mol. The van der Waals surface area contributed by atoms with E-state index in [9.17, 15) is 17.2 Å². The van der Waals surface area contributed by atoms with Crippen LogP contribution in [0.15, 0.2) is 46.1 Å². The zero-order valence-electron chi connectivity index (χ0n) is 16.8. The molecule has 170 valence electrons. The van der Waals surface area contributed by atoms with Crippen LogP contribution < -0.4 is 14.9 Å². The van der Waals surface area contributed by atoms with Crippen LogP contribution in [0, 0.1) is 11.6 Å². The summed E-state index contributed by atoms with van der Waals surface area (Å²) >= 11 is 7.48. The molecule has 0 radical (unpaired) electrons. The second kappa shape index (κ2) is 9.18. The Balaban J connectivity index is 1.63. The number of aromatic nitrogens is 1. The van der Waals surface area contributed by atoms with Gasteiger partial charge in [0.05, 0.1) is 33.7 Å². The number of methoxy groups -OCH3 is 1. The Morgan fingerprint density at radius 1 is 1.25 bits per heavy atom. The van der Waals surface area contributed by atoms with Gasteiger partial charge in [0, 0.05) is 31.6 Å². The van der Waals surface area contributed by atoms with E-state index < -0.39 is 26.6 Å². The van der Waals surface area contributed by atoms with Gasteiger partial charge >= 0.3 is 0 Å². The molecule has 32 heavy (non-hydrogen) atoms. The van der Waals surface area contributed by atoms with Crippen LogP contribution in [0.1, 0.15) is 6.42 Å². The molecule has 1 aliphatic heterocycles. The fourth-order valence-corrected chi connectivity index (χ4v) is 5.36. The van der Waals surface area contributed by atoms with Crippen LogP contribution >= 0.6 is 22.9 Å². The van der Waals surface area contributed by atoms with Gasteiger partial charge in [0.2, 0.25) is 0 Å². The molecule has 2 N–H and O–H groups in total. The predicted molar refractivity (Wildman–Crippen MR) is 122 cm³/mol. The number of nitrogens with one attached hydrogen (secondary N) is 2. The standard InChI is InChI=1S/C20H19ClF2N4O3S2/c1-30-13-4-5-27(9-13)18-6-12(22)2-3-16(18)25-17-8-15(23)19(7-14(17)21)32(28,29)26-20-10-31-11-24-20/h2-3,6-8,10-11,13,25-26H,4-5,9H2,1H3.